The number of carbonyl (C=O) groups is 1. The number of benzene rings is 4. The Bertz CT molecular complexity index is 2290. The first-order valence-corrected chi connectivity index (χ1v) is 22.6. The number of imidazole rings is 1. The Morgan fingerprint density at radius 3 is 1.86 bits per heavy atom. The second kappa shape index (κ2) is 17.0. The molecule has 0 bridgehead atoms. The van der Waals surface area contributed by atoms with Gasteiger partial charge in [-0.25, -0.2) is 15.0 Å². The molecule has 1 saturated heterocycles. The highest BCUT2D eigenvalue weighted by Gasteiger charge is 2.55. The van der Waals surface area contributed by atoms with Gasteiger partial charge >= 0.3 is 0 Å². The molecule has 2 aromatic heterocycles. The SMILES string of the molecule is COc1ccc(C(O[C@@H](C)C2O[C@@H](n3cnc4c(NC(=O)c5ccccc5)ncnc43)[C@H](OC)[C@@H]2O[Si](C)(C)C(C)(C)C)(c2ccccc2)c2ccc(OC)cc2)cc1. The lowest BCUT2D eigenvalue weighted by Gasteiger charge is -2.43. The van der Waals surface area contributed by atoms with Crippen molar-refractivity contribution in [2.45, 2.75) is 82.1 Å². The number of nitrogens with one attached hydrogen (secondary N) is 1. The summed E-state index contributed by atoms with van der Waals surface area (Å²) >= 11 is 0. The molecule has 0 aliphatic carbocycles. The molecule has 1 aliphatic rings. The lowest BCUT2D eigenvalue weighted by Crippen LogP contribution is -2.52. The number of methoxy groups -OCH3 is 3. The van der Waals surface area contributed by atoms with Crippen LogP contribution in [-0.4, -0.2) is 79.5 Å². The first kappa shape index (κ1) is 41.7. The maximum absolute atomic E-state index is 13.2. The number of anilines is 1. The summed E-state index contributed by atoms with van der Waals surface area (Å²) in [6.45, 7) is 13.1. The van der Waals surface area contributed by atoms with E-state index >= 15 is 0 Å². The van der Waals surface area contributed by atoms with Gasteiger partial charge in [0.05, 0.1) is 26.7 Å². The predicted octanol–water partition coefficient (Wildman–Crippen LogP) is 8.80. The standard InChI is InChI=1S/C46H53N5O7Si/c1-30(57-46(32-18-14-11-15-19-32,33-20-24-35(53-5)25-21-33)34-22-26-36(54-6)27-23-34)38-39(58-59(8,9)45(2,3)4)40(55-7)44(56-38)51-29-49-37-41(47-28-48-42(37)51)50-43(52)31-16-12-10-13-17-31/h10-30,38-40,44H,1-9H3,(H,47,48,50,52)/t30-,38?,39+,40+,44+/m0/s1. The Kier molecular flexibility index (Phi) is 12.0. The van der Waals surface area contributed by atoms with Crippen molar-refractivity contribution in [1.82, 2.24) is 19.5 Å². The molecule has 308 valence electrons. The average molecular weight is 816 g/mol. The molecule has 59 heavy (non-hydrogen) atoms. The largest absolute Gasteiger partial charge is 0.497 e. The van der Waals surface area contributed by atoms with Crippen molar-refractivity contribution < 1.29 is 32.9 Å². The number of ether oxygens (including phenoxy) is 5. The van der Waals surface area contributed by atoms with Crippen molar-refractivity contribution in [1.29, 1.82) is 0 Å². The number of carbonyl (C=O) groups excluding carboxylic acids is 1. The maximum atomic E-state index is 13.2. The molecule has 1 N–H and O–H groups in total. The van der Waals surface area contributed by atoms with E-state index in [0.29, 0.717) is 16.7 Å². The van der Waals surface area contributed by atoms with Crippen molar-refractivity contribution in [2.24, 2.45) is 0 Å². The second-order valence-electron chi connectivity index (χ2n) is 16.2. The van der Waals surface area contributed by atoms with Crippen molar-refractivity contribution in [3.8, 4) is 11.5 Å². The van der Waals surface area contributed by atoms with E-state index in [1.54, 1.807) is 39.8 Å². The molecule has 3 heterocycles. The second-order valence-corrected chi connectivity index (χ2v) is 21.0. The van der Waals surface area contributed by atoms with E-state index in [1.807, 2.05) is 96.4 Å². The summed E-state index contributed by atoms with van der Waals surface area (Å²) in [6.07, 6.45) is -0.105. The molecule has 0 saturated carbocycles. The Morgan fingerprint density at radius 1 is 0.763 bits per heavy atom. The molecule has 0 spiro atoms. The molecule has 7 rings (SSSR count). The van der Waals surface area contributed by atoms with E-state index in [0.717, 1.165) is 28.2 Å². The minimum Gasteiger partial charge on any atom is -0.497 e. The van der Waals surface area contributed by atoms with Gasteiger partial charge in [0, 0.05) is 12.7 Å². The number of hydrogen-bond acceptors (Lipinski definition) is 10. The highest BCUT2D eigenvalue weighted by molar-refractivity contribution is 6.74. The molecule has 1 unspecified atom stereocenters. The van der Waals surface area contributed by atoms with Crippen LogP contribution in [0, 0.1) is 0 Å². The van der Waals surface area contributed by atoms with Crippen LogP contribution in [0.5, 0.6) is 11.5 Å². The Hall–Kier alpha value is -5.44. The molecule has 12 nitrogen and oxygen atoms in total. The molecule has 6 aromatic rings. The van der Waals surface area contributed by atoms with Crippen molar-refractivity contribution in [2.75, 3.05) is 26.6 Å². The fraction of sp³-hybridized carbons (Fsp3) is 0.348. The third-order valence-electron chi connectivity index (χ3n) is 11.6. The summed E-state index contributed by atoms with van der Waals surface area (Å²) in [5, 5.41) is 2.78. The molecule has 13 heteroatoms. The lowest BCUT2D eigenvalue weighted by atomic mass is 9.79. The quantitative estimate of drug-likeness (QED) is 0.0842. The molecular weight excluding hydrogens is 763 g/mol. The normalized spacial score (nSPS) is 19.1. The first-order valence-electron chi connectivity index (χ1n) is 19.7. The zero-order chi connectivity index (χ0) is 42.0. The molecular formula is C46H53N5O7Si. The minimum atomic E-state index is -2.46. The number of nitrogens with zero attached hydrogens (tertiary/aromatic N) is 4. The van der Waals surface area contributed by atoms with Gasteiger partial charge < -0.3 is 33.4 Å². The predicted molar refractivity (Wildman–Crippen MR) is 229 cm³/mol. The summed E-state index contributed by atoms with van der Waals surface area (Å²) in [5.74, 6) is 1.43. The van der Waals surface area contributed by atoms with Gasteiger partial charge in [-0.2, -0.15) is 0 Å². The highest BCUT2D eigenvalue weighted by Crippen LogP contribution is 2.47. The third-order valence-corrected chi connectivity index (χ3v) is 16.1. The van der Waals surface area contributed by atoms with Crippen LogP contribution in [0.3, 0.4) is 0 Å². The van der Waals surface area contributed by atoms with Gasteiger partial charge in [-0.05, 0) is 78.1 Å². The fourth-order valence-corrected chi connectivity index (χ4v) is 8.74. The number of fused-ring (bicyclic) bond motifs is 1. The zero-order valence-corrected chi connectivity index (χ0v) is 36.1. The van der Waals surface area contributed by atoms with Crippen LogP contribution in [0.1, 0.15) is 61.0 Å². The number of aromatic nitrogens is 4. The van der Waals surface area contributed by atoms with Crippen molar-refractivity contribution in [3.05, 3.63) is 144 Å². The summed E-state index contributed by atoms with van der Waals surface area (Å²) < 4.78 is 41.4. The summed E-state index contributed by atoms with van der Waals surface area (Å²) in [5.41, 5.74) is 2.95. The smallest absolute Gasteiger partial charge is 0.256 e. The van der Waals surface area contributed by atoms with Crippen LogP contribution in [-0.2, 0) is 24.2 Å². The molecule has 1 amide bonds. The van der Waals surface area contributed by atoms with Crippen molar-refractivity contribution in [3.63, 3.8) is 0 Å². The van der Waals surface area contributed by atoms with Gasteiger partial charge in [-0.3, -0.25) is 9.36 Å². The summed E-state index contributed by atoms with van der Waals surface area (Å²) in [7, 11) is 2.52. The zero-order valence-electron chi connectivity index (χ0n) is 35.1. The van der Waals surface area contributed by atoms with Gasteiger partial charge in [-0.15, -0.1) is 0 Å². The van der Waals surface area contributed by atoms with Crippen LogP contribution in [0.15, 0.2) is 122 Å². The molecule has 0 radical (unpaired) electrons. The summed E-state index contributed by atoms with van der Waals surface area (Å²) in [4.78, 5) is 26.9. The van der Waals surface area contributed by atoms with Crippen LogP contribution in [0.2, 0.25) is 18.1 Å². The fourth-order valence-electron chi connectivity index (χ4n) is 7.44. The van der Waals surface area contributed by atoms with E-state index in [9.17, 15) is 4.79 Å². The van der Waals surface area contributed by atoms with E-state index in [2.05, 4.69) is 61.3 Å². The Balaban J connectivity index is 1.33. The van der Waals surface area contributed by atoms with E-state index in [1.165, 1.54) is 6.33 Å². The van der Waals surface area contributed by atoms with Gasteiger partial charge in [0.25, 0.3) is 5.91 Å². The topological polar surface area (TPSA) is 128 Å². The third kappa shape index (κ3) is 8.13. The van der Waals surface area contributed by atoms with Crippen LogP contribution < -0.4 is 14.8 Å². The van der Waals surface area contributed by atoms with E-state index in [-0.39, 0.29) is 16.8 Å². The molecule has 4 aromatic carbocycles. The van der Waals surface area contributed by atoms with Crippen LogP contribution in [0.25, 0.3) is 11.2 Å². The number of rotatable bonds is 14. The highest BCUT2D eigenvalue weighted by atomic mass is 28.4. The first-order chi connectivity index (χ1) is 28.3. The van der Waals surface area contributed by atoms with Gasteiger partial charge in [0.15, 0.2) is 31.5 Å². The van der Waals surface area contributed by atoms with Gasteiger partial charge in [-0.1, -0.05) is 93.6 Å². The van der Waals surface area contributed by atoms with Crippen LogP contribution in [0.4, 0.5) is 5.82 Å². The lowest BCUT2D eigenvalue weighted by molar-refractivity contribution is -0.135. The maximum Gasteiger partial charge on any atom is 0.256 e. The summed E-state index contributed by atoms with van der Waals surface area (Å²) in [6, 6.07) is 35.0. The van der Waals surface area contributed by atoms with Crippen LogP contribution >= 0.6 is 0 Å². The van der Waals surface area contributed by atoms with Gasteiger partial charge in [0.2, 0.25) is 0 Å². The molecule has 1 fully saturated rings. The minimum absolute atomic E-state index is 0.126. The molecule has 5 atom stereocenters. The Morgan fingerprint density at radius 2 is 1.32 bits per heavy atom. The molecule has 1 aliphatic heterocycles. The monoisotopic (exact) mass is 815 g/mol. The van der Waals surface area contributed by atoms with Gasteiger partial charge in [0.1, 0.15) is 41.7 Å². The average Bonchev–Trinajstić information content (AvgIpc) is 3.84. The van der Waals surface area contributed by atoms with E-state index < -0.39 is 44.6 Å². The number of amides is 1. The van der Waals surface area contributed by atoms with E-state index in [4.69, 9.17) is 33.1 Å². The Labute approximate surface area is 347 Å². The van der Waals surface area contributed by atoms with Crippen molar-refractivity contribution >= 4 is 31.2 Å². The number of hydrogen-bond donors (Lipinski definition) is 1.